The van der Waals surface area contributed by atoms with Crippen molar-refractivity contribution >= 4 is 6.21 Å². The molecule has 0 saturated heterocycles. The van der Waals surface area contributed by atoms with Gasteiger partial charge in [-0.2, -0.15) is 0 Å². The maximum atomic E-state index is 6.80. The van der Waals surface area contributed by atoms with Crippen molar-refractivity contribution in [2.45, 2.75) is 38.5 Å². The minimum atomic E-state index is 0.997. The Hall–Kier alpha value is -0.330. The smallest absolute Gasteiger partial charge is 0.00477 e. The fourth-order valence-corrected chi connectivity index (χ4v) is 1.29. The SMILES string of the molecule is N=CCCCC1CCC1. The van der Waals surface area contributed by atoms with Crippen LogP contribution in [0.4, 0.5) is 0 Å². The minimum absolute atomic E-state index is 0.997. The fourth-order valence-electron chi connectivity index (χ4n) is 1.29. The van der Waals surface area contributed by atoms with Crippen LogP contribution in [0.5, 0.6) is 0 Å². The maximum Gasteiger partial charge on any atom is -0.00477 e. The van der Waals surface area contributed by atoms with Crippen LogP contribution in [0, 0.1) is 11.3 Å². The second kappa shape index (κ2) is 3.65. The molecule has 1 aliphatic carbocycles. The van der Waals surface area contributed by atoms with Crippen molar-refractivity contribution in [3.8, 4) is 0 Å². The average Bonchev–Trinajstić information content (AvgIpc) is 1.76. The van der Waals surface area contributed by atoms with Gasteiger partial charge in [0, 0.05) is 0 Å². The van der Waals surface area contributed by atoms with Crippen LogP contribution in [0.25, 0.3) is 0 Å². The first-order chi connectivity index (χ1) is 4.43. The molecule has 1 heteroatoms. The Balaban J connectivity index is 1.85. The third-order valence-electron chi connectivity index (χ3n) is 2.19. The Morgan fingerprint density at radius 1 is 1.44 bits per heavy atom. The molecule has 1 fully saturated rings. The molecule has 0 spiro atoms. The summed E-state index contributed by atoms with van der Waals surface area (Å²) in [4.78, 5) is 0. The molecule has 0 aromatic heterocycles. The van der Waals surface area contributed by atoms with Gasteiger partial charge in [0.25, 0.3) is 0 Å². The third kappa shape index (κ3) is 2.17. The summed E-state index contributed by atoms with van der Waals surface area (Å²) in [6.07, 6.45) is 9.50. The van der Waals surface area contributed by atoms with Crippen LogP contribution in [0.1, 0.15) is 38.5 Å². The van der Waals surface area contributed by atoms with Gasteiger partial charge < -0.3 is 5.41 Å². The summed E-state index contributed by atoms with van der Waals surface area (Å²) >= 11 is 0. The van der Waals surface area contributed by atoms with Crippen molar-refractivity contribution in [1.82, 2.24) is 0 Å². The highest BCUT2D eigenvalue weighted by atomic mass is 14.3. The summed E-state index contributed by atoms with van der Waals surface area (Å²) < 4.78 is 0. The topological polar surface area (TPSA) is 23.9 Å². The summed E-state index contributed by atoms with van der Waals surface area (Å²) in [6.45, 7) is 0. The lowest BCUT2D eigenvalue weighted by atomic mass is 9.82. The van der Waals surface area contributed by atoms with Gasteiger partial charge >= 0.3 is 0 Å². The molecular weight excluding hydrogens is 110 g/mol. The van der Waals surface area contributed by atoms with Crippen molar-refractivity contribution in [2.24, 2.45) is 5.92 Å². The molecule has 0 aromatic rings. The largest absolute Gasteiger partial charge is 0.313 e. The van der Waals surface area contributed by atoms with Crippen LogP contribution in [0.3, 0.4) is 0 Å². The summed E-state index contributed by atoms with van der Waals surface area (Å²) in [5.41, 5.74) is 0. The molecule has 0 heterocycles. The van der Waals surface area contributed by atoms with E-state index in [9.17, 15) is 0 Å². The lowest BCUT2D eigenvalue weighted by molar-refractivity contribution is 0.292. The summed E-state index contributed by atoms with van der Waals surface area (Å²) in [7, 11) is 0. The number of hydrogen-bond acceptors (Lipinski definition) is 1. The van der Waals surface area contributed by atoms with Crippen molar-refractivity contribution in [1.29, 1.82) is 5.41 Å². The molecule has 0 radical (unpaired) electrons. The Morgan fingerprint density at radius 3 is 2.67 bits per heavy atom. The lowest BCUT2D eigenvalue weighted by Gasteiger charge is -2.24. The standard InChI is InChI=1S/C8H15N/c9-7-2-1-4-8-5-3-6-8/h7-9H,1-6H2. The van der Waals surface area contributed by atoms with Gasteiger partial charge in [0.2, 0.25) is 0 Å². The quantitative estimate of drug-likeness (QED) is 0.441. The van der Waals surface area contributed by atoms with Crippen LogP contribution in [-0.2, 0) is 0 Å². The molecule has 0 atom stereocenters. The third-order valence-corrected chi connectivity index (χ3v) is 2.19. The van der Waals surface area contributed by atoms with Crippen molar-refractivity contribution in [2.75, 3.05) is 0 Å². The van der Waals surface area contributed by atoms with E-state index in [1.165, 1.54) is 38.3 Å². The second-order valence-electron chi connectivity index (χ2n) is 2.93. The Bertz CT molecular complexity index is 84.6. The molecule has 0 unspecified atom stereocenters. The highest BCUT2D eigenvalue weighted by molar-refractivity contribution is 5.52. The molecule has 1 aliphatic rings. The van der Waals surface area contributed by atoms with Crippen molar-refractivity contribution in [3.63, 3.8) is 0 Å². The Kier molecular flexibility index (Phi) is 2.75. The van der Waals surface area contributed by atoms with E-state index in [1.807, 2.05) is 0 Å². The fraction of sp³-hybridized carbons (Fsp3) is 0.875. The number of hydrogen-bond donors (Lipinski definition) is 1. The summed E-state index contributed by atoms with van der Waals surface area (Å²) in [6, 6.07) is 0. The molecule has 1 N–H and O–H groups in total. The lowest BCUT2D eigenvalue weighted by Crippen LogP contribution is -2.10. The van der Waals surface area contributed by atoms with E-state index >= 15 is 0 Å². The van der Waals surface area contributed by atoms with Gasteiger partial charge in [0.15, 0.2) is 0 Å². The highest BCUT2D eigenvalue weighted by Gasteiger charge is 2.15. The van der Waals surface area contributed by atoms with Crippen molar-refractivity contribution in [3.05, 3.63) is 0 Å². The monoisotopic (exact) mass is 125 g/mol. The highest BCUT2D eigenvalue weighted by Crippen LogP contribution is 2.30. The minimum Gasteiger partial charge on any atom is -0.313 e. The zero-order chi connectivity index (χ0) is 6.53. The van der Waals surface area contributed by atoms with Gasteiger partial charge in [0.05, 0.1) is 0 Å². The normalized spacial score (nSPS) is 19.1. The molecule has 1 rings (SSSR count). The number of rotatable bonds is 4. The van der Waals surface area contributed by atoms with Crippen molar-refractivity contribution < 1.29 is 0 Å². The molecule has 1 saturated carbocycles. The number of nitrogens with one attached hydrogen (secondary N) is 1. The first-order valence-corrected chi connectivity index (χ1v) is 3.92. The van der Waals surface area contributed by atoms with E-state index in [0.29, 0.717) is 0 Å². The van der Waals surface area contributed by atoms with E-state index in [-0.39, 0.29) is 0 Å². The molecule has 0 amide bonds. The molecule has 52 valence electrons. The predicted molar refractivity (Wildman–Crippen MR) is 40.0 cm³/mol. The molecule has 0 aliphatic heterocycles. The van der Waals surface area contributed by atoms with Gasteiger partial charge in [-0.05, 0) is 25.0 Å². The van der Waals surface area contributed by atoms with Crippen LogP contribution in [0.2, 0.25) is 0 Å². The van der Waals surface area contributed by atoms with E-state index in [4.69, 9.17) is 5.41 Å². The van der Waals surface area contributed by atoms with E-state index in [2.05, 4.69) is 0 Å². The molecule has 0 aromatic carbocycles. The van der Waals surface area contributed by atoms with Crippen LogP contribution < -0.4 is 0 Å². The van der Waals surface area contributed by atoms with Gasteiger partial charge in [0.1, 0.15) is 0 Å². The number of unbranched alkanes of at least 4 members (excludes halogenated alkanes) is 1. The second-order valence-corrected chi connectivity index (χ2v) is 2.93. The van der Waals surface area contributed by atoms with E-state index < -0.39 is 0 Å². The average molecular weight is 125 g/mol. The summed E-state index contributed by atoms with van der Waals surface area (Å²) in [5, 5.41) is 6.80. The molecule has 9 heavy (non-hydrogen) atoms. The molecule has 1 nitrogen and oxygen atoms in total. The maximum absolute atomic E-state index is 6.80. The Labute approximate surface area is 57.0 Å². The van der Waals surface area contributed by atoms with Crippen LogP contribution >= 0.6 is 0 Å². The first-order valence-electron chi connectivity index (χ1n) is 3.92. The van der Waals surface area contributed by atoms with Gasteiger partial charge in [-0.15, -0.1) is 0 Å². The van der Waals surface area contributed by atoms with Crippen LogP contribution in [0.15, 0.2) is 0 Å². The van der Waals surface area contributed by atoms with E-state index in [0.717, 1.165) is 12.3 Å². The van der Waals surface area contributed by atoms with Crippen LogP contribution in [-0.4, -0.2) is 6.21 Å². The zero-order valence-corrected chi connectivity index (χ0v) is 5.90. The van der Waals surface area contributed by atoms with Gasteiger partial charge in [-0.25, -0.2) is 0 Å². The predicted octanol–water partition coefficient (Wildman–Crippen LogP) is 2.61. The Morgan fingerprint density at radius 2 is 2.22 bits per heavy atom. The summed E-state index contributed by atoms with van der Waals surface area (Å²) in [5.74, 6) is 1.03. The van der Waals surface area contributed by atoms with Gasteiger partial charge in [-0.1, -0.05) is 25.7 Å². The van der Waals surface area contributed by atoms with Gasteiger partial charge in [-0.3, -0.25) is 0 Å². The molecular formula is C8H15N. The zero-order valence-electron chi connectivity index (χ0n) is 5.90. The first kappa shape index (κ1) is 6.79. The van der Waals surface area contributed by atoms with E-state index in [1.54, 1.807) is 0 Å². The molecule has 0 bridgehead atoms.